The predicted molar refractivity (Wildman–Crippen MR) is 119 cm³/mol. The molecule has 0 saturated heterocycles. The molecule has 0 fully saturated rings. The van der Waals surface area contributed by atoms with E-state index in [1.165, 1.54) is 52.7 Å². The molecule has 2 aromatic carbocycles. The number of amides is 1. The molecular weight excluding hydrogens is 438 g/mol. The summed E-state index contributed by atoms with van der Waals surface area (Å²) in [6, 6.07) is 12.8. The average molecular weight is 456 g/mol. The number of carbonyl (C=O) groups is 1. The van der Waals surface area contributed by atoms with Crippen LogP contribution >= 0.6 is 11.3 Å². The van der Waals surface area contributed by atoms with Crippen LogP contribution in [0.3, 0.4) is 0 Å². The maximum absolute atomic E-state index is 12.5. The van der Waals surface area contributed by atoms with Crippen molar-refractivity contribution in [2.75, 3.05) is 10.0 Å². The standard InChI is InChI=1S/C20H17N5O4S2/c26-18(9-11-25-13-22-17-4-2-1-3-16(17)19(25)27)23-14-5-7-15(8-6-14)31(28,29)24-20-21-10-12-30-20/h1-8,10,12-13H,9,11H2,(H,21,24)(H,23,26). The lowest BCUT2D eigenvalue weighted by atomic mass is 10.2. The molecule has 2 aromatic heterocycles. The number of thiazole rings is 1. The number of benzene rings is 2. The number of fused-ring (bicyclic) bond motifs is 1. The fourth-order valence-corrected chi connectivity index (χ4v) is 4.66. The normalized spacial score (nSPS) is 11.4. The van der Waals surface area contributed by atoms with Crippen LogP contribution < -0.4 is 15.6 Å². The zero-order valence-corrected chi connectivity index (χ0v) is 17.7. The molecule has 0 radical (unpaired) electrons. The molecule has 2 N–H and O–H groups in total. The number of aryl methyl sites for hydroxylation is 1. The Morgan fingerprint density at radius 3 is 2.58 bits per heavy atom. The molecule has 0 aliphatic heterocycles. The first-order valence-electron chi connectivity index (χ1n) is 9.19. The third kappa shape index (κ3) is 4.78. The Morgan fingerprint density at radius 1 is 1.06 bits per heavy atom. The molecule has 0 atom stereocenters. The third-order valence-corrected chi connectivity index (χ3v) is 6.59. The predicted octanol–water partition coefficient (Wildman–Crippen LogP) is 2.68. The number of anilines is 2. The van der Waals surface area contributed by atoms with E-state index >= 15 is 0 Å². The van der Waals surface area contributed by atoms with Crippen LogP contribution in [0.5, 0.6) is 0 Å². The van der Waals surface area contributed by atoms with Crippen molar-refractivity contribution in [3.63, 3.8) is 0 Å². The van der Waals surface area contributed by atoms with Crippen molar-refractivity contribution in [2.24, 2.45) is 0 Å². The monoisotopic (exact) mass is 455 g/mol. The van der Waals surface area contributed by atoms with E-state index in [1.807, 2.05) is 0 Å². The number of nitrogens with one attached hydrogen (secondary N) is 2. The first kappa shape index (κ1) is 20.7. The van der Waals surface area contributed by atoms with Gasteiger partial charge in [-0.25, -0.2) is 18.4 Å². The molecule has 4 aromatic rings. The molecule has 0 unspecified atom stereocenters. The molecule has 0 saturated carbocycles. The minimum atomic E-state index is -3.76. The highest BCUT2D eigenvalue weighted by atomic mass is 32.2. The number of hydrogen-bond donors (Lipinski definition) is 2. The van der Waals surface area contributed by atoms with Crippen LogP contribution in [0.25, 0.3) is 10.9 Å². The summed E-state index contributed by atoms with van der Waals surface area (Å²) >= 11 is 1.17. The smallest absolute Gasteiger partial charge is 0.263 e. The van der Waals surface area contributed by atoms with E-state index in [-0.39, 0.29) is 34.5 Å². The molecule has 31 heavy (non-hydrogen) atoms. The van der Waals surface area contributed by atoms with Crippen molar-refractivity contribution in [3.05, 3.63) is 76.8 Å². The number of hydrogen-bond acceptors (Lipinski definition) is 7. The molecule has 4 rings (SSSR count). The Labute approximate surface area is 181 Å². The van der Waals surface area contributed by atoms with Crippen molar-refractivity contribution in [1.82, 2.24) is 14.5 Å². The second-order valence-corrected chi connectivity index (χ2v) is 9.10. The van der Waals surface area contributed by atoms with Crippen LogP contribution in [-0.4, -0.2) is 28.9 Å². The molecule has 158 valence electrons. The highest BCUT2D eigenvalue weighted by Crippen LogP contribution is 2.19. The lowest BCUT2D eigenvalue weighted by Crippen LogP contribution is -2.23. The first-order valence-corrected chi connectivity index (χ1v) is 11.5. The van der Waals surface area contributed by atoms with E-state index in [0.717, 1.165) is 0 Å². The van der Waals surface area contributed by atoms with Gasteiger partial charge in [0.15, 0.2) is 5.13 Å². The minimum Gasteiger partial charge on any atom is -0.326 e. The van der Waals surface area contributed by atoms with Crippen molar-refractivity contribution >= 4 is 49.0 Å². The number of para-hydroxylation sites is 1. The zero-order valence-electron chi connectivity index (χ0n) is 16.1. The van der Waals surface area contributed by atoms with Gasteiger partial charge in [0.1, 0.15) is 0 Å². The van der Waals surface area contributed by atoms with Crippen LogP contribution in [0, 0.1) is 0 Å². The van der Waals surface area contributed by atoms with Gasteiger partial charge in [-0.1, -0.05) is 12.1 Å². The van der Waals surface area contributed by atoms with Crippen molar-refractivity contribution in [1.29, 1.82) is 0 Å². The number of nitrogens with zero attached hydrogens (tertiary/aromatic N) is 3. The molecule has 0 aliphatic carbocycles. The van der Waals surface area contributed by atoms with Crippen LogP contribution in [-0.2, 0) is 21.4 Å². The molecule has 2 heterocycles. The molecule has 0 bridgehead atoms. The Morgan fingerprint density at radius 2 is 1.84 bits per heavy atom. The molecule has 0 spiro atoms. The third-order valence-electron chi connectivity index (χ3n) is 4.41. The van der Waals surface area contributed by atoms with Gasteiger partial charge in [0.2, 0.25) is 5.91 Å². The van der Waals surface area contributed by atoms with Gasteiger partial charge in [0.25, 0.3) is 15.6 Å². The van der Waals surface area contributed by atoms with E-state index in [1.54, 1.807) is 29.6 Å². The molecular formula is C20H17N5O4S2. The number of aromatic nitrogens is 3. The topological polar surface area (TPSA) is 123 Å². The summed E-state index contributed by atoms with van der Waals surface area (Å²) in [4.78, 5) is 32.9. The summed E-state index contributed by atoms with van der Waals surface area (Å²) in [5, 5.41) is 5.13. The van der Waals surface area contributed by atoms with Crippen LogP contribution in [0.2, 0.25) is 0 Å². The summed E-state index contributed by atoms with van der Waals surface area (Å²) < 4.78 is 28.5. The van der Waals surface area contributed by atoms with Crippen molar-refractivity contribution < 1.29 is 13.2 Å². The molecule has 9 nitrogen and oxygen atoms in total. The first-order chi connectivity index (χ1) is 14.9. The SMILES string of the molecule is O=C(CCn1cnc2ccccc2c1=O)Nc1ccc(S(=O)(=O)Nc2nccs2)cc1. The fourth-order valence-electron chi connectivity index (χ4n) is 2.88. The maximum Gasteiger partial charge on any atom is 0.263 e. The molecule has 0 aliphatic rings. The highest BCUT2D eigenvalue weighted by Gasteiger charge is 2.15. The Kier molecular flexibility index (Phi) is 5.78. The van der Waals surface area contributed by atoms with Crippen molar-refractivity contribution in [3.8, 4) is 0 Å². The van der Waals surface area contributed by atoms with Crippen LogP contribution in [0.4, 0.5) is 10.8 Å². The second-order valence-electron chi connectivity index (χ2n) is 6.53. The number of sulfonamides is 1. The maximum atomic E-state index is 12.5. The van der Waals surface area contributed by atoms with Crippen LogP contribution in [0.15, 0.2) is 76.1 Å². The van der Waals surface area contributed by atoms with E-state index in [9.17, 15) is 18.0 Å². The van der Waals surface area contributed by atoms with E-state index < -0.39 is 10.0 Å². The van der Waals surface area contributed by atoms with Crippen LogP contribution in [0.1, 0.15) is 6.42 Å². The Bertz CT molecular complexity index is 1380. The molecule has 1 amide bonds. The van der Waals surface area contributed by atoms with Gasteiger partial charge in [-0.3, -0.25) is 18.9 Å². The van der Waals surface area contributed by atoms with Gasteiger partial charge >= 0.3 is 0 Å². The van der Waals surface area contributed by atoms with Gasteiger partial charge < -0.3 is 5.32 Å². The quantitative estimate of drug-likeness (QED) is 0.442. The zero-order chi connectivity index (χ0) is 21.8. The summed E-state index contributed by atoms with van der Waals surface area (Å²) in [7, 11) is -3.76. The second kappa shape index (κ2) is 8.66. The van der Waals surface area contributed by atoms with Gasteiger partial charge in [-0.15, -0.1) is 11.3 Å². The van der Waals surface area contributed by atoms with E-state index in [2.05, 4.69) is 20.0 Å². The summed E-state index contributed by atoms with van der Waals surface area (Å²) in [5.41, 5.74) is 0.843. The lowest BCUT2D eigenvalue weighted by molar-refractivity contribution is -0.116. The van der Waals surface area contributed by atoms with Crippen molar-refractivity contribution in [2.45, 2.75) is 17.9 Å². The fraction of sp³-hybridized carbons (Fsp3) is 0.100. The van der Waals surface area contributed by atoms with Gasteiger partial charge in [0.05, 0.1) is 22.1 Å². The molecule has 11 heteroatoms. The van der Waals surface area contributed by atoms with E-state index in [0.29, 0.717) is 16.6 Å². The Hall–Kier alpha value is -3.57. The largest absolute Gasteiger partial charge is 0.326 e. The number of carbonyl (C=O) groups excluding carboxylic acids is 1. The van der Waals surface area contributed by atoms with E-state index in [4.69, 9.17) is 0 Å². The van der Waals surface area contributed by atoms with Gasteiger partial charge in [-0.2, -0.15) is 0 Å². The number of rotatable bonds is 7. The Balaban J connectivity index is 1.38. The highest BCUT2D eigenvalue weighted by molar-refractivity contribution is 7.93. The average Bonchev–Trinajstić information content (AvgIpc) is 3.26. The summed E-state index contributed by atoms with van der Waals surface area (Å²) in [6.07, 6.45) is 2.99. The van der Waals surface area contributed by atoms with Gasteiger partial charge in [-0.05, 0) is 36.4 Å². The van der Waals surface area contributed by atoms with Gasteiger partial charge in [0, 0.05) is 30.2 Å². The summed E-state index contributed by atoms with van der Waals surface area (Å²) in [5.74, 6) is -0.309. The minimum absolute atomic E-state index is 0.0505. The summed E-state index contributed by atoms with van der Waals surface area (Å²) in [6.45, 7) is 0.173. The lowest BCUT2D eigenvalue weighted by Gasteiger charge is -2.09.